The number of aromatic nitrogens is 1. The third-order valence-electron chi connectivity index (χ3n) is 4.58. The van der Waals surface area contributed by atoms with E-state index in [1.807, 2.05) is 6.07 Å². The number of carbonyl (C=O) groups excluding carboxylic acids is 2. The van der Waals surface area contributed by atoms with Crippen LogP contribution in [0.25, 0.3) is 16.8 Å². The molecule has 11 heteroatoms. The fraction of sp³-hybridized carbons (Fsp3) is 0.0952. The largest absolute Gasteiger partial charge is 0.464 e. The van der Waals surface area contributed by atoms with Crippen LogP contribution in [0, 0.1) is 11.3 Å². The molecule has 3 rings (SSSR count). The molecule has 1 aromatic heterocycles. The van der Waals surface area contributed by atoms with E-state index in [0.717, 1.165) is 11.7 Å². The third kappa shape index (κ3) is 4.31. The van der Waals surface area contributed by atoms with Crippen LogP contribution in [0.1, 0.15) is 23.0 Å². The monoisotopic (exact) mass is 454 g/mol. The molecule has 0 saturated carbocycles. The summed E-state index contributed by atoms with van der Waals surface area (Å²) >= 11 is 0. The van der Waals surface area contributed by atoms with Gasteiger partial charge in [-0.05, 0) is 35.4 Å². The van der Waals surface area contributed by atoms with E-state index in [9.17, 15) is 27.8 Å². The second-order valence-electron chi connectivity index (χ2n) is 6.69. The number of benzene rings is 2. The van der Waals surface area contributed by atoms with Gasteiger partial charge in [0.15, 0.2) is 5.69 Å². The smallest absolute Gasteiger partial charge is 0.357 e. The Hall–Kier alpha value is -4.14. The standard InChI is InChI=1S/C21H18N4O6S/c1-12(26)24-16-6-3-13(4-7-16)14-5-8-17(18(9-14)32(28,29)30)25-11-15(10-22)19(23)20(25)21(27)31-2/h3-9,11H,23H2,1-2H3,(H,24,26)(H,28,29,30). The minimum atomic E-state index is -4.75. The number of rotatable bonds is 5. The Labute approximate surface area is 183 Å². The molecule has 1 heterocycles. The van der Waals surface area contributed by atoms with Crippen LogP contribution in [0.4, 0.5) is 11.4 Å². The van der Waals surface area contributed by atoms with Crippen LogP contribution in [0.5, 0.6) is 0 Å². The van der Waals surface area contributed by atoms with Crippen LogP contribution in [-0.4, -0.2) is 36.5 Å². The van der Waals surface area contributed by atoms with Crippen LogP contribution in [0.3, 0.4) is 0 Å². The molecular weight excluding hydrogens is 436 g/mol. The predicted molar refractivity (Wildman–Crippen MR) is 116 cm³/mol. The first-order valence-electron chi connectivity index (χ1n) is 9.06. The van der Waals surface area contributed by atoms with E-state index in [1.54, 1.807) is 30.3 Å². The van der Waals surface area contributed by atoms with E-state index in [2.05, 4.69) is 5.32 Å². The second-order valence-corrected chi connectivity index (χ2v) is 8.08. The molecule has 0 fully saturated rings. The maximum Gasteiger partial charge on any atom is 0.357 e. The fourth-order valence-corrected chi connectivity index (χ4v) is 3.86. The Balaban J connectivity index is 2.20. The normalized spacial score (nSPS) is 10.9. The van der Waals surface area contributed by atoms with Crippen molar-refractivity contribution in [3.8, 4) is 22.9 Å². The molecule has 0 aliphatic carbocycles. The summed E-state index contributed by atoms with van der Waals surface area (Å²) in [5.41, 5.74) is 6.88. The molecule has 3 aromatic rings. The van der Waals surface area contributed by atoms with E-state index in [4.69, 9.17) is 10.5 Å². The second kappa shape index (κ2) is 8.54. The molecule has 0 aliphatic heterocycles. The van der Waals surface area contributed by atoms with Gasteiger partial charge in [0.25, 0.3) is 10.1 Å². The van der Waals surface area contributed by atoms with Crippen LogP contribution in [-0.2, 0) is 19.6 Å². The van der Waals surface area contributed by atoms with Crippen molar-refractivity contribution in [2.24, 2.45) is 0 Å². The maximum atomic E-state index is 12.2. The Kier molecular flexibility index (Phi) is 6.02. The highest BCUT2D eigenvalue weighted by Crippen LogP contribution is 2.32. The number of ether oxygens (including phenoxy) is 1. The number of nitrogens with two attached hydrogens (primary N) is 1. The summed E-state index contributed by atoms with van der Waals surface area (Å²) in [7, 11) is -3.64. The van der Waals surface area contributed by atoms with Gasteiger partial charge in [0.2, 0.25) is 5.91 Å². The molecule has 0 bridgehead atoms. The Bertz CT molecular complexity index is 1370. The molecule has 0 saturated heterocycles. The van der Waals surface area contributed by atoms with Crippen molar-refractivity contribution >= 4 is 33.4 Å². The van der Waals surface area contributed by atoms with Crippen LogP contribution in [0.2, 0.25) is 0 Å². The average molecular weight is 454 g/mol. The van der Waals surface area contributed by atoms with Crippen LogP contribution >= 0.6 is 0 Å². The molecule has 0 atom stereocenters. The Morgan fingerprint density at radius 2 is 1.78 bits per heavy atom. The quantitative estimate of drug-likeness (QED) is 0.391. The number of anilines is 2. The Morgan fingerprint density at radius 3 is 2.31 bits per heavy atom. The van der Waals surface area contributed by atoms with Crippen molar-refractivity contribution in [2.75, 3.05) is 18.2 Å². The van der Waals surface area contributed by atoms with Gasteiger partial charge in [-0.2, -0.15) is 13.7 Å². The number of nitrogens with one attached hydrogen (secondary N) is 1. The van der Waals surface area contributed by atoms with E-state index in [-0.39, 0.29) is 28.5 Å². The fourth-order valence-electron chi connectivity index (χ4n) is 3.15. The van der Waals surface area contributed by atoms with Crippen LogP contribution < -0.4 is 11.1 Å². The summed E-state index contributed by atoms with van der Waals surface area (Å²) in [5, 5.41) is 11.9. The molecule has 2 aromatic carbocycles. The summed E-state index contributed by atoms with van der Waals surface area (Å²) in [4.78, 5) is 22.9. The number of hydrogen-bond acceptors (Lipinski definition) is 7. The van der Waals surface area contributed by atoms with Gasteiger partial charge in [-0.25, -0.2) is 4.79 Å². The SMILES string of the molecule is COC(=O)c1c(N)c(C#N)cn1-c1ccc(-c2ccc(NC(C)=O)cc2)cc1S(=O)(=O)O. The van der Waals surface area contributed by atoms with E-state index < -0.39 is 21.0 Å². The van der Waals surface area contributed by atoms with Gasteiger partial charge in [-0.1, -0.05) is 18.2 Å². The van der Waals surface area contributed by atoms with Crippen molar-refractivity contribution < 1.29 is 27.3 Å². The highest BCUT2D eigenvalue weighted by Gasteiger charge is 2.26. The average Bonchev–Trinajstić information content (AvgIpc) is 3.08. The number of hydrogen-bond donors (Lipinski definition) is 3. The number of nitrogens with zero attached hydrogens (tertiary/aromatic N) is 2. The number of amides is 1. The van der Waals surface area contributed by atoms with Gasteiger partial charge < -0.3 is 20.4 Å². The zero-order valence-electron chi connectivity index (χ0n) is 17.0. The number of esters is 1. The lowest BCUT2D eigenvalue weighted by Crippen LogP contribution is -2.13. The number of nitrogen functional groups attached to an aromatic ring is 1. The Morgan fingerprint density at radius 1 is 1.16 bits per heavy atom. The van der Waals surface area contributed by atoms with Gasteiger partial charge in [0.05, 0.1) is 24.0 Å². The number of carbonyl (C=O) groups is 2. The molecule has 32 heavy (non-hydrogen) atoms. The molecule has 0 unspecified atom stereocenters. The lowest BCUT2D eigenvalue weighted by atomic mass is 10.0. The van der Waals surface area contributed by atoms with Crippen LogP contribution in [0.15, 0.2) is 53.6 Å². The molecule has 10 nitrogen and oxygen atoms in total. The minimum absolute atomic E-state index is 0.0654. The highest BCUT2D eigenvalue weighted by molar-refractivity contribution is 7.86. The van der Waals surface area contributed by atoms with Crippen molar-refractivity contribution in [3.63, 3.8) is 0 Å². The van der Waals surface area contributed by atoms with Gasteiger partial charge in [0, 0.05) is 18.8 Å². The van der Waals surface area contributed by atoms with Crippen molar-refractivity contribution in [3.05, 3.63) is 59.9 Å². The number of nitriles is 1. The lowest BCUT2D eigenvalue weighted by Gasteiger charge is -2.14. The molecule has 0 radical (unpaired) electrons. The molecule has 1 amide bonds. The van der Waals surface area contributed by atoms with Gasteiger partial charge in [-0.3, -0.25) is 9.35 Å². The molecular formula is C21H18N4O6S. The predicted octanol–water partition coefficient (Wildman–Crippen LogP) is 2.59. The zero-order valence-corrected chi connectivity index (χ0v) is 17.8. The van der Waals surface area contributed by atoms with Gasteiger partial charge >= 0.3 is 5.97 Å². The summed E-state index contributed by atoms with van der Waals surface area (Å²) in [6, 6.07) is 12.6. The summed E-state index contributed by atoms with van der Waals surface area (Å²) in [5.74, 6) is -1.12. The first-order chi connectivity index (χ1) is 15.1. The van der Waals surface area contributed by atoms with E-state index in [0.29, 0.717) is 16.8 Å². The topological polar surface area (TPSA) is 165 Å². The van der Waals surface area contributed by atoms with Crippen molar-refractivity contribution in [1.29, 1.82) is 5.26 Å². The van der Waals surface area contributed by atoms with Gasteiger partial charge in [0.1, 0.15) is 11.0 Å². The summed E-state index contributed by atoms with van der Waals surface area (Å²) in [6.07, 6.45) is 1.19. The maximum absolute atomic E-state index is 12.2. The van der Waals surface area contributed by atoms with Crippen molar-refractivity contribution in [1.82, 2.24) is 4.57 Å². The summed E-state index contributed by atoms with van der Waals surface area (Å²) < 4.78 is 40.0. The summed E-state index contributed by atoms with van der Waals surface area (Å²) in [6.45, 7) is 1.37. The highest BCUT2D eigenvalue weighted by atomic mass is 32.2. The molecule has 0 spiro atoms. The van der Waals surface area contributed by atoms with E-state index in [1.165, 1.54) is 25.3 Å². The van der Waals surface area contributed by atoms with Crippen molar-refractivity contribution in [2.45, 2.75) is 11.8 Å². The zero-order chi connectivity index (χ0) is 23.6. The molecule has 0 aliphatic rings. The van der Waals surface area contributed by atoms with E-state index >= 15 is 0 Å². The first-order valence-corrected chi connectivity index (χ1v) is 10.5. The minimum Gasteiger partial charge on any atom is -0.464 e. The lowest BCUT2D eigenvalue weighted by molar-refractivity contribution is -0.114. The third-order valence-corrected chi connectivity index (χ3v) is 5.46. The number of methoxy groups -OCH3 is 1. The molecule has 164 valence electrons. The molecule has 4 N–H and O–H groups in total. The van der Waals surface area contributed by atoms with Gasteiger partial charge in [-0.15, -0.1) is 0 Å². The first kappa shape index (κ1) is 22.5.